The quantitative estimate of drug-likeness (QED) is 0.902. The monoisotopic (exact) mass is 265 g/mol. The number of aromatic nitrogens is 2. The van der Waals surface area contributed by atoms with Crippen molar-refractivity contribution < 1.29 is 4.52 Å². The molecule has 1 aromatic carbocycles. The van der Waals surface area contributed by atoms with Crippen LogP contribution in [-0.2, 0) is 13.0 Å². The van der Waals surface area contributed by atoms with Crippen LogP contribution in [0.2, 0.25) is 5.02 Å². The molecule has 96 valence electrons. The molecule has 0 saturated heterocycles. The Morgan fingerprint density at radius 1 is 1.39 bits per heavy atom. The molecule has 1 aromatic heterocycles. The number of hydrogen-bond acceptors (Lipinski definition) is 4. The van der Waals surface area contributed by atoms with E-state index in [0.29, 0.717) is 12.4 Å². The number of hydrogen-bond donors (Lipinski definition) is 1. The Morgan fingerprint density at radius 2 is 2.17 bits per heavy atom. The molecular weight excluding hydrogens is 250 g/mol. The van der Waals surface area contributed by atoms with Gasteiger partial charge in [0.15, 0.2) is 5.82 Å². The molecule has 4 nitrogen and oxygen atoms in total. The van der Waals surface area contributed by atoms with Crippen LogP contribution in [0.3, 0.4) is 0 Å². The van der Waals surface area contributed by atoms with Gasteiger partial charge in [-0.15, -0.1) is 0 Å². The summed E-state index contributed by atoms with van der Waals surface area (Å²) >= 11 is 6.14. The fourth-order valence-corrected chi connectivity index (χ4v) is 1.98. The van der Waals surface area contributed by atoms with Crippen LogP contribution < -0.4 is 5.32 Å². The van der Waals surface area contributed by atoms with Crippen molar-refractivity contribution in [3.05, 3.63) is 46.6 Å². The van der Waals surface area contributed by atoms with Crippen LogP contribution in [0.4, 0.5) is 0 Å². The summed E-state index contributed by atoms with van der Waals surface area (Å²) in [6.07, 6.45) is 0.781. The Morgan fingerprint density at radius 3 is 2.83 bits per heavy atom. The summed E-state index contributed by atoms with van der Waals surface area (Å²) in [6.45, 7) is 4.59. The second kappa shape index (κ2) is 5.98. The zero-order valence-electron chi connectivity index (χ0n) is 10.5. The number of rotatable bonds is 5. The first-order valence-corrected chi connectivity index (χ1v) is 6.37. The van der Waals surface area contributed by atoms with E-state index in [9.17, 15) is 0 Å². The standard InChI is InChI=1S/C13H16ClN3O/c1-3-12-16-13(18-17-12)8-15-9(2)10-6-4-5-7-11(10)14/h4-7,9,15H,3,8H2,1-2H3/t9-/m0/s1. The van der Waals surface area contributed by atoms with Crippen molar-refractivity contribution in [1.82, 2.24) is 15.5 Å². The van der Waals surface area contributed by atoms with E-state index in [0.717, 1.165) is 22.8 Å². The highest BCUT2D eigenvalue weighted by molar-refractivity contribution is 6.31. The minimum Gasteiger partial charge on any atom is -0.338 e. The summed E-state index contributed by atoms with van der Waals surface area (Å²) in [4.78, 5) is 4.24. The molecule has 0 fully saturated rings. The van der Waals surface area contributed by atoms with Gasteiger partial charge in [0.2, 0.25) is 5.89 Å². The van der Waals surface area contributed by atoms with Gasteiger partial charge in [0, 0.05) is 17.5 Å². The van der Waals surface area contributed by atoms with Gasteiger partial charge in [-0.3, -0.25) is 0 Å². The highest BCUT2D eigenvalue weighted by atomic mass is 35.5. The molecule has 2 aromatic rings. The summed E-state index contributed by atoms with van der Waals surface area (Å²) in [6, 6.07) is 7.92. The average Bonchev–Trinajstić information content (AvgIpc) is 2.84. The molecule has 0 aliphatic rings. The van der Waals surface area contributed by atoms with E-state index in [1.54, 1.807) is 0 Å². The predicted octanol–water partition coefficient (Wildman–Crippen LogP) is 3.14. The largest absolute Gasteiger partial charge is 0.338 e. The van der Waals surface area contributed by atoms with Crippen LogP contribution in [0.15, 0.2) is 28.8 Å². The van der Waals surface area contributed by atoms with E-state index in [1.807, 2.05) is 31.2 Å². The van der Waals surface area contributed by atoms with Gasteiger partial charge in [0.25, 0.3) is 0 Å². The second-order valence-electron chi connectivity index (χ2n) is 4.08. The summed E-state index contributed by atoms with van der Waals surface area (Å²) in [5.74, 6) is 1.34. The van der Waals surface area contributed by atoms with Crippen molar-refractivity contribution in [2.24, 2.45) is 0 Å². The maximum Gasteiger partial charge on any atom is 0.240 e. The molecule has 0 aliphatic heterocycles. The van der Waals surface area contributed by atoms with Crippen molar-refractivity contribution in [2.45, 2.75) is 32.9 Å². The van der Waals surface area contributed by atoms with E-state index in [1.165, 1.54) is 0 Å². The van der Waals surface area contributed by atoms with Gasteiger partial charge in [0.05, 0.1) is 6.54 Å². The zero-order chi connectivity index (χ0) is 13.0. The lowest BCUT2D eigenvalue weighted by atomic mass is 10.1. The third-order valence-corrected chi connectivity index (χ3v) is 3.10. The number of aryl methyl sites for hydroxylation is 1. The molecule has 0 amide bonds. The minimum absolute atomic E-state index is 0.135. The van der Waals surface area contributed by atoms with Crippen LogP contribution in [0.1, 0.15) is 37.2 Å². The first-order chi connectivity index (χ1) is 8.70. The van der Waals surface area contributed by atoms with Gasteiger partial charge in [-0.05, 0) is 18.6 Å². The normalized spacial score (nSPS) is 12.6. The van der Waals surface area contributed by atoms with Crippen LogP contribution in [-0.4, -0.2) is 10.1 Å². The van der Waals surface area contributed by atoms with E-state index in [2.05, 4.69) is 22.4 Å². The third-order valence-electron chi connectivity index (χ3n) is 2.76. The van der Waals surface area contributed by atoms with Gasteiger partial charge < -0.3 is 9.84 Å². The van der Waals surface area contributed by atoms with Gasteiger partial charge >= 0.3 is 0 Å². The Hall–Kier alpha value is -1.39. The molecule has 18 heavy (non-hydrogen) atoms. The molecular formula is C13H16ClN3O. The fraction of sp³-hybridized carbons (Fsp3) is 0.385. The molecule has 0 saturated carbocycles. The Labute approximate surface area is 111 Å². The van der Waals surface area contributed by atoms with Crippen LogP contribution >= 0.6 is 11.6 Å². The lowest BCUT2D eigenvalue weighted by molar-refractivity contribution is 0.356. The Kier molecular flexibility index (Phi) is 4.33. The lowest BCUT2D eigenvalue weighted by Gasteiger charge is -2.13. The maximum absolute atomic E-state index is 6.14. The molecule has 5 heteroatoms. The first-order valence-electron chi connectivity index (χ1n) is 6.00. The van der Waals surface area contributed by atoms with Crippen LogP contribution in [0, 0.1) is 0 Å². The third kappa shape index (κ3) is 3.09. The molecule has 0 aliphatic carbocycles. The van der Waals surface area contributed by atoms with E-state index in [4.69, 9.17) is 16.1 Å². The molecule has 0 unspecified atom stereocenters. The van der Waals surface area contributed by atoms with Crippen LogP contribution in [0.5, 0.6) is 0 Å². The summed E-state index contributed by atoms with van der Waals surface area (Å²) in [7, 11) is 0. The second-order valence-corrected chi connectivity index (χ2v) is 4.49. The molecule has 0 bridgehead atoms. The fourth-order valence-electron chi connectivity index (χ4n) is 1.68. The van der Waals surface area contributed by atoms with Crippen LogP contribution in [0.25, 0.3) is 0 Å². The minimum atomic E-state index is 0.135. The summed E-state index contributed by atoms with van der Waals surface area (Å²) in [5, 5.41) is 7.92. The van der Waals surface area contributed by atoms with Gasteiger partial charge in [-0.1, -0.05) is 41.9 Å². The van der Waals surface area contributed by atoms with Gasteiger partial charge in [0.1, 0.15) is 0 Å². The number of nitrogens with one attached hydrogen (secondary N) is 1. The summed E-state index contributed by atoms with van der Waals surface area (Å²) < 4.78 is 5.12. The number of nitrogens with zero attached hydrogens (tertiary/aromatic N) is 2. The van der Waals surface area contributed by atoms with Crippen molar-refractivity contribution in [2.75, 3.05) is 0 Å². The number of halogens is 1. The molecule has 1 N–H and O–H groups in total. The van der Waals surface area contributed by atoms with E-state index >= 15 is 0 Å². The highest BCUT2D eigenvalue weighted by Gasteiger charge is 2.10. The zero-order valence-corrected chi connectivity index (χ0v) is 11.2. The topological polar surface area (TPSA) is 51.0 Å². The Balaban J connectivity index is 1.96. The molecule has 0 spiro atoms. The van der Waals surface area contributed by atoms with E-state index < -0.39 is 0 Å². The predicted molar refractivity (Wildman–Crippen MR) is 70.4 cm³/mol. The molecule has 1 atom stereocenters. The number of benzene rings is 1. The van der Waals surface area contributed by atoms with Crippen molar-refractivity contribution >= 4 is 11.6 Å². The van der Waals surface area contributed by atoms with Crippen molar-refractivity contribution in [3.8, 4) is 0 Å². The van der Waals surface area contributed by atoms with Gasteiger partial charge in [-0.25, -0.2) is 0 Å². The van der Waals surface area contributed by atoms with E-state index in [-0.39, 0.29) is 6.04 Å². The smallest absolute Gasteiger partial charge is 0.240 e. The van der Waals surface area contributed by atoms with Crippen molar-refractivity contribution in [3.63, 3.8) is 0 Å². The summed E-state index contributed by atoms with van der Waals surface area (Å²) in [5.41, 5.74) is 1.06. The highest BCUT2D eigenvalue weighted by Crippen LogP contribution is 2.22. The first kappa shape index (κ1) is 13.1. The maximum atomic E-state index is 6.14. The Bertz CT molecular complexity index is 512. The molecule has 0 radical (unpaired) electrons. The molecule has 2 rings (SSSR count). The van der Waals surface area contributed by atoms with Gasteiger partial charge in [-0.2, -0.15) is 4.98 Å². The SMILES string of the molecule is CCc1noc(CN[C@@H](C)c2ccccc2Cl)n1. The van der Waals surface area contributed by atoms with Crippen molar-refractivity contribution in [1.29, 1.82) is 0 Å². The lowest BCUT2D eigenvalue weighted by Crippen LogP contribution is -2.18. The molecule has 1 heterocycles. The average molecular weight is 266 g/mol.